The number of aryl methyl sites for hydroxylation is 1. The number of halogens is 1. The molecule has 0 radical (unpaired) electrons. The maximum Gasteiger partial charge on any atom is 0.240 e. The zero-order valence-corrected chi connectivity index (χ0v) is 13.6. The highest BCUT2D eigenvalue weighted by molar-refractivity contribution is 5.77. The third-order valence-electron chi connectivity index (χ3n) is 4.53. The van der Waals surface area contributed by atoms with Crippen molar-refractivity contribution in [3.05, 3.63) is 35.5 Å². The van der Waals surface area contributed by atoms with Crippen molar-refractivity contribution in [2.45, 2.75) is 45.2 Å². The Morgan fingerprint density at radius 3 is 2.96 bits per heavy atom. The zero-order valence-electron chi connectivity index (χ0n) is 13.6. The molecule has 2 aromatic rings. The minimum atomic E-state index is -0.265. The van der Waals surface area contributed by atoms with Crippen LogP contribution in [0.2, 0.25) is 0 Å². The van der Waals surface area contributed by atoms with E-state index in [1.165, 1.54) is 6.07 Å². The van der Waals surface area contributed by atoms with Gasteiger partial charge in [-0.1, -0.05) is 18.0 Å². The van der Waals surface area contributed by atoms with Crippen LogP contribution in [0.25, 0.3) is 11.4 Å². The minimum absolute atomic E-state index is 0.0414. The lowest BCUT2D eigenvalue weighted by molar-refractivity contribution is -0.123. The quantitative estimate of drug-likeness (QED) is 0.876. The number of primary amides is 1. The summed E-state index contributed by atoms with van der Waals surface area (Å²) in [5.74, 6) is 0.172. The van der Waals surface area contributed by atoms with E-state index in [-0.39, 0.29) is 23.7 Å². The highest BCUT2D eigenvalue weighted by Gasteiger charge is 2.29. The van der Waals surface area contributed by atoms with Crippen molar-refractivity contribution in [3.63, 3.8) is 0 Å². The van der Waals surface area contributed by atoms with E-state index in [1.807, 2.05) is 0 Å². The Kier molecular flexibility index (Phi) is 4.89. The Labute approximate surface area is 139 Å². The molecule has 0 saturated heterocycles. The number of hydrogen-bond donors (Lipinski definition) is 2. The molecule has 0 bridgehead atoms. The first-order valence-electron chi connectivity index (χ1n) is 8.16. The van der Waals surface area contributed by atoms with Crippen LogP contribution in [0.1, 0.15) is 37.1 Å². The lowest BCUT2D eigenvalue weighted by Gasteiger charge is -2.29. The van der Waals surface area contributed by atoms with Gasteiger partial charge in [-0.3, -0.25) is 4.79 Å². The molecule has 0 unspecified atom stereocenters. The van der Waals surface area contributed by atoms with Gasteiger partial charge in [0.15, 0.2) is 0 Å². The van der Waals surface area contributed by atoms with Crippen molar-refractivity contribution in [3.8, 4) is 11.4 Å². The van der Waals surface area contributed by atoms with Crippen molar-refractivity contribution in [2.24, 2.45) is 11.7 Å². The number of nitrogens with one attached hydrogen (secondary N) is 1. The first-order valence-corrected chi connectivity index (χ1v) is 8.16. The Bertz CT molecular complexity index is 731. The lowest BCUT2D eigenvalue weighted by Crippen LogP contribution is -2.44. The third-order valence-corrected chi connectivity index (χ3v) is 4.53. The van der Waals surface area contributed by atoms with Crippen LogP contribution in [0.15, 0.2) is 22.7 Å². The number of nitrogens with zero attached hydrogens (tertiary/aromatic N) is 2. The normalized spacial score (nSPS) is 20.9. The van der Waals surface area contributed by atoms with Gasteiger partial charge in [0.25, 0.3) is 0 Å². The summed E-state index contributed by atoms with van der Waals surface area (Å²) in [7, 11) is 0. The van der Waals surface area contributed by atoms with Crippen molar-refractivity contribution in [2.75, 3.05) is 0 Å². The van der Waals surface area contributed by atoms with E-state index in [2.05, 4.69) is 15.5 Å². The Morgan fingerprint density at radius 1 is 1.42 bits per heavy atom. The van der Waals surface area contributed by atoms with Gasteiger partial charge < -0.3 is 15.6 Å². The molecule has 128 valence electrons. The number of benzene rings is 1. The van der Waals surface area contributed by atoms with Crippen molar-refractivity contribution in [1.82, 2.24) is 15.5 Å². The second-order valence-electron chi connectivity index (χ2n) is 6.26. The number of carbonyl (C=O) groups excluding carboxylic acids is 1. The summed E-state index contributed by atoms with van der Waals surface area (Å²) in [6, 6.07) is 4.73. The predicted octanol–water partition coefficient (Wildman–Crippen LogP) is 2.32. The highest BCUT2D eigenvalue weighted by atomic mass is 19.1. The van der Waals surface area contributed by atoms with Crippen LogP contribution in [0.3, 0.4) is 0 Å². The molecular weight excluding hydrogens is 311 g/mol. The summed E-state index contributed by atoms with van der Waals surface area (Å²) in [5, 5.41) is 7.23. The average Bonchev–Trinajstić information content (AvgIpc) is 3.04. The van der Waals surface area contributed by atoms with Crippen LogP contribution < -0.4 is 11.1 Å². The molecule has 24 heavy (non-hydrogen) atoms. The average molecular weight is 332 g/mol. The molecule has 0 spiro atoms. The number of nitrogens with two attached hydrogens (primary N) is 1. The van der Waals surface area contributed by atoms with Crippen LogP contribution >= 0.6 is 0 Å². The molecule has 1 aromatic carbocycles. The van der Waals surface area contributed by atoms with Crippen LogP contribution in [-0.4, -0.2) is 22.1 Å². The summed E-state index contributed by atoms with van der Waals surface area (Å²) < 4.78 is 18.6. The zero-order chi connectivity index (χ0) is 17.1. The third kappa shape index (κ3) is 3.62. The molecule has 7 heteroatoms. The fourth-order valence-electron chi connectivity index (χ4n) is 3.16. The van der Waals surface area contributed by atoms with Crippen molar-refractivity contribution < 1.29 is 13.7 Å². The number of hydrogen-bond acceptors (Lipinski definition) is 5. The summed E-state index contributed by atoms with van der Waals surface area (Å²) >= 11 is 0. The van der Waals surface area contributed by atoms with Crippen LogP contribution in [-0.2, 0) is 11.3 Å². The molecule has 6 nitrogen and oxygen atoms in total. The molecule has 1 heterocycles. The van der Waals surface area contributed by atoms with Crippen LogP contribution in [0, 0.1) is 18.7 Å². The molecule has 1 amide bonds. The number of carbonyl (C=O) groups is 1. The standard InChI is InChI=1S/C17H21FN4O2/c1-10-8-11(6-7-13(10)18)17-21-15(24-22-17)9-20-14-5-3-2-4-12(14)16(19)23/h6-8,12,14,20H,2-5,9H2,1H3,(H2,19,23)/t12-,14+/m1/s1. The molecule has 1 aromatic heterocycles. The summed E-state index contributed by atoms with van der Waals surface area (Å²) in [6.45, 7) is 2.07. The topological polar surface area (TPSA) is 94.0 Å². The molecule has 3 rings (SSSR count). The number of aromatic nitrogens is 2. The fraction of sp³-hybridized carbons (Fsp3) is 0.471. The van der Waals surface area contributed by atoms with E-state index < -0.39 is 0 Å². The van der Waals surface area contributed by atoms with Gasteiger partial charge in [-0.15, -0.1) is 0 Å². The van der Waals surface area contributed by atoms with Crippen molar-refractivity contribution >= 4 is 5.91 Å². The van der Waals surface area contributed by atoms with Gasteiger partial charge in [-0.2, -0.15) is 4.98 Å². The second-order valence-corrected chi connectivity index (χ2v) is 6.26. The molecule has 1 saturated carbocycles. The van der Waals surface area contributed by atoms with E-state index in [1.54, 1.807) is 19.1 Å². The van der Waals surface area contributed by atoms with Gasteiger partial charge in [-0.05, 0) is 43.5 Å². The molecule has 1 aliphatic carbocycles. The van der Waals surface area contributed by atoms with Crippen molar-refractivity contribution in [1.29, 1.82) is 0 Å². The Balaban J connectivity index is 1.65. The Hall–Kier alpha value is -2.28. The molecule has 1 fully saturated rings. The molecular formula is C17H21FN4O2. The summed E-state index contributed by atoms with van der Waals surface area (Å²) in [6.07, 6.45) is 3.83. The predicted molar refractivity (Wildman–Crippen MR) is 86.2 cm³/mol. The van der Waals surface area contributed by atoms with E-state index in [9.17, 15) is 9.18 Å². The van der Waals surface area contributed by atoms with Gasteiger partial charge in [-0.25, -0.2) is 4.39 Å². The Morgan fingerprint density at radius 2 is 2.21 bits per heavy atom. The first kappa shape index (κ1) is 16.6. The maximum absolute atomic E-state index is 13.3. The largest absolute Gasteiger partial charge is 0.369 e. The lowest BCUT2D eigenvalue weighted by atomic mass is 9.84. The van der Waals surface area contributed by atoms with E-state index in [0.717, 1.165) is 25.7 Å². The van der Waals surface area contributed by atoms with E-state index >= 15 is 0 Å². The van der Waals surface area contributed by atoms with E-state index in [4.69, 9.17) is 10.3 Å². The molecule has 3 N–H and O–H groups in total. The van der Waals surface area contributed by atoms with Gasteiger partial charge in [0.2, 0.25) is 17.6 Å². The second kappa shape index (κ2) is 7.09. The number of amides is 1. The van der Waals surface area contributed by atoms with Gasteiger partial charge in [0, 0.05) is 11.6 Å². The van der Waals surface area contributed by atoms with Gasteiger partial charge >= 0.3 is 0 Å². The first-order chi connectivity index (χ1) is 11.5. The minimum Gasteiger partial charge on any atom is -0.369 e. The fourth-order valence-corrected chi connectivity index (χ4v) is 3.16. The molecule has 0 aliphatic heterocycles. The molecule has 2 atom stereocenters. The van der Waals surface area contributed by atoms with Gasteiger partial charge in [0.05, 0.1) is 12.5 Å². The monoisotopic (exact) mass is 332 g/mol. The van der Waals surface area contributed by atoms with Crippen LogP contribution in [0.4, 0.5) is 4.39 Å². The summed E-state index contributed by atoms with van der Waals surface area (Å²) in [4.78, 5) is 15.9. The highest BCUT2D eigenvalue weighted by Crippen LogP contribution is 2.24. The molecule has 1 aliphatic rings. The SMILES string of the molecule is Cc1cc(-c2noc(CN[C@H]3CCCC[C@H]3C(N)=O)n2)ccc1F. The summed E-state index contributed by atoms with van der Waals surface area (Å²) in [5.41, 5.74) is 6.71. The smallest absolute Gasteiger partial charge is 0.240 e. The van der Waals surface area contributed by atoms with Gasteiger partial charge in [0.1, 0.15) is 5.82 Å². The van der Waals surface area contributed by atoms with E-state index in [0.29, 0.717) is 29.4 Å². The number of rotatable bonds is 5. The maximum atomic E-state index is 13.3. The van der Waals surface area contributed by atoms with Crippen LogP contribution in [0.5, 0.6) is 0 Å².